The van der Waals surface area contributed by atoms with Crippen LogP contribution in [0.4, 0.5) is 4.79 Å². The van der Waals surface area contributed by atoms with E-state index in [2.05, 4.69) is 4.74 Å². The third-order valence-electron chi connectivity index (χ3n) is 1.26. The number of hydrogen-bond donors (Lipinski definition) is 3. The molecule has 0 aromatic rings. The SMILES string of the molecule is CC(C)OC(=O)NS(=O)(=O)NC(C)C(=O)O. The van der Waals surface area contributed by atoms with E-state index in [0.717, 1.165) is 6.92 Å². The Morgan fingerprint density at radius 1 is 1.25 bits per heavy atom. The molecule has 94 valence electrons. The number of ether oxygens (including phenoxy) is 1. The molecule has 0 saturated carbocycles. The van der Waals surface area contributed by atoms with Crippen molar-refractivity contribution in [3.8, 4) is 0 Å². The number of carboxylic acids is 1. The highest BCUT2D eigenvalue weighted by Crippen LogP contribution is 1.91. The minimum atomic E-state index is -4.23. The average molecular weight is 254 g/mol. The Morgan fingerprint density at radius 3 is 2.12 bits per heavy atom. The number of carboxylic acid groups (broad SMARTS) is 1. The van der Waals surface area contributed by atoms with E-state index in [1.165, 1.54) is 4.72 Å². The molecule has 1 atom stereocenters. The third-order valence-corrected chi connectivity index (χ3v) is 2.36. The first-order valence-electron chi connectivity index (χ1n) is 4.37. The largest absolute Gasteiger partial charge is 0.480 e. The van der Waals surface area contributed by atoms with Crippen LogP contribution in [0.5, 0.6) is 0 Å². The molecule has 3 N–H and O–H groups in total. The molecule has 0 heterocycles. The normalized spacial score (nSPS) is 13.2. The maximum Gasteiger partial charge on any atom is 0.422 e. The molecule has 0 aliphatic carbocycles. The highest BCUT2D eigenvalue weighted by Gasteiger charge is 2.22. The van der Waals surface area contributed by atoms with Gasteiger partial charge in [-0.1, -0.05) is 0 Å². The Balaban J connectivity index is 4.36. The second-order valence-electron chi connectivity index (χ2n) is 3.24. The van der Waals surface area contributed by atoms with Gasteiger partial charge in [0.25, 0.3) is 0 Å². The first-order valence-corrected chi connectivity index (χ1v) is 5.86. The average Bonchev–Trinajstić information content (AvgIpc) is 1.98. The van der Waals surface area contributed by atoms with Crippen LogP contribution in [0.15, 0.2) is 0 Å². The van der Waals surface area contributed by atoms with Gasteiger partial charge in [-0.25, -0.2) is 9.52 Å². The lowest BCUT2D eigenvalue weighted by molar-refractivity contribution is -0.138. The Hall–Kier alpha value is -1.35. The molecule has 1 amide bonds. The van der Waals surface area contributed by atoms with E-state index >= 15 is 0 Å². The zero-order chi connectivity index (χ0) is 12.9. The molecule has 0 aliphatic heterocycles. The second-order valence-corrected chi connectivity index (χ2v) is 4.68. The first kappa shape index (κ1) is 14.6. The van der Waals surface area contributed by atoms with E-state index in [1.54, 1.807) is 18.6 Å². The maximum absolute atomic E-state index is 11.2. The molecule has 0 rings (SSSR count). The lowest BCUT2D eigenvalue weighted by Crippen LogP contribution is -2.47. The van der Waals surface area contributed by atoms with Crippen LogP contribution in [0, 0.1) is 0 Å². The smallest absolute Gasteiger partial charge is 0.422 e. The van der Waals surface area contributed by atoms with Gasteiger partial charge in [-0.2, -0.15) is 13.1 Å². The molecule has 1 unspecified atom stereocenters. The zero-order valence-electron chi connectivity index (χ0n) is 9.05. The van der Waals surface area contributed by atoms with Crippen LogP contribution >= 0.6 is 0 Å². The summed E-state index contributed by atoms with van der Waals surface area (Å²) in [6.45, 7) is 4.20. The summed E-state index contributed by atoms with van der Waals surface area (Å²) >= 11 is 0. The molecule has 9 heteroatoms. The van der Waals surface area contributed by atoms with Gasteiger partial charge in [0.05, 0.1) is 6.10 Å². The Labute approximate surface area is 93.2 Å². The van der Waals surface area contributed by atoms with Gasteiger partial charge in [0.15, 0.2) is 0 Å². The lowest BCUT2D eigenvalue weighted by Gasteiger charge is -2.12. The second kappa shape index (κ2) is 5.66. The number of hydrogen-bond acceptors (Lipinski definition) is 5. The minimum Gasteiger partial charge on any atom is -0.480 e. The van der Waals surface area contributed by atoms with Gasteiger partial charge in [-0.3, -0.25) is 4.79 Å². The predicted molar refractivity (Wildman–Crippen MR) is 53.9 cm³/mol. The van der Waals surface area contributed by atoms with Gasteiger partial charge in [0.2, 0.25) is 0 Å². The van der Waals surface area contributed by atoms with Crippen molar-refractivity contribution in [1.29, 1.82) is 0 Å². The molecule has 0 bridgehead atoms. The van der Waals surface area contributed by atoms with Crippen molar-refractivity contribution in [1.82, 2.24) is 9.44 Å². The van der Waals surface area contributed by atoms with E-state index in [-0.39, 0.29) is 0 Å². The molecular formula is C7H14N2O6S. The summed E-state index contributed by atoms with van der Waals surface area (Å²) in [5.41, 5.74) is 0. The molecule has 0 aromatic carbocycles. The monoisotopic (exact) mass is 254 g/mol. The van der Waals surface area contributed by atoms with Gasteiger partial charge >= 0.3 is 22.3 Å². The number of carbonyl (C=O) groups is 2. The van der Waals surface area contributed by atoms with E-state index in [0.29, 0.717) is 0 Å². The summed E-state index contributed by atoms with van der Waals surface area (Å²) in [5.74, 6) is -1.36. The molecule has 0 aliphatic rings. The summed E-state index contributed by atoms with van der Waals surface area (Å²) in [7, 11) is -4.23. The van der Waals surface area contributed by atoms with Crippen molar-refractivity contribution in [2.45, 2.75) is 32.9 Å². The van der Waals surface area contributed by atoms with Crippen LogP contribution < -0.4 is 9.44 Å². The zero-order valence-corrected chi connectivity index (χ0v) is 9.87. The quantitative estimate of drug-likeness (QED) is 0.604. The number of aliphatic carboxylic acids is 1. The maximum atomic E-state index is 11.2. The summed E-state index contributed by atoms with van der Waals surface area (Å²) in [6, 6.07) is -1.34. The van der Waals surface area contributed by atoms with Crippen LogP contribution in [-0.2, 0) is 19.7 Å². The molecule has 0 saturated heterocycles. The van der Waals surface area contributed by atoms with Crippen molar-refractivity contribution < 1.29 is 27.9 Å². The highest BCUT2D eigenvalue weighted by molar-refractivity contribution is 7.88. The molecule has 8 nitrogen and oxygen atoms in total. The van der Waals surface area contributed by atoms with Crippen LogP contribution in [0.3, 0.4) is 0 Å². The van der Waals surface area contributed by atoms with Crippen LogP contribution in [-0.4, -0.2) is 37.7 Å². The Morgan fingerprint density at radius 2 is 1.75 bits per heavy atom. The number of amides is 1. The van der Waals surface area contributed by atoms with Crippen molar-refractivity contribution >= 4 is 22.3 Å². The van der Waals surface area contributed by atoms with Crippen molar-refractivity contribution in [3.63, 3.8) is 0 Å². The summed E-state index contributed by atoms with van der Waals surface area (Å²) < 4.78 is 30.0. The Bertz CT molecular complexity index is 363. The van der Waals surface area contributed by atoms with Gasteiger partial charge in [0, 0.05) is 0 Å². The molecule has 0 spiro atoms. The van der Waals surface area contributed by atoms with Crippen LogP contribution in [0.2, 0.25) is 0 Å². The fourth-order valence-electron chi connectivity index (χ4n) is 0.660. The standard InChI is InChI=1S/C7H14N2O6S/c1-4(2)15-7(12)9-16(13,14)8-5(3)6(10)11/h4-5,8H,1-3H3,(H,9,12)(H,10,11). The van der Waals surface area contributed by atoms with E-state index in [4.69, 9.17) is 5.11 Å². The van der Waals surface area contributed by atoms with Crippen molar-refractivity contribution in [2.75, 3.05) is 0 Å². The predicted octanol–water partition coefficient (Wildman–Crippen LogP) is -0.571. The van der Waals surface area contributed by atoms with Crippen molar-refractivity contribution in [2.24, 2.45) is 0 Å². The minimum absolute atomic E-state index is 0.480. The van der Waals surface area contributed by atoms with Gasteiger partial charge in [-0.05, 0) is 20.8 Å². The number of rotatable bonds is 5. The fourth-order valence-corrected chi connectivity index (χ4v) is 1.55. The first-order chi connectivity index (χ1) is 7.14. The molecule has 0 radical (unpaired) electrons. The highest BCUT2D eigenvalue weighted by atomic mass is 32.2. The van der Waals surface area contributed by atoms with Gasteiger partial charge in [0.1, 0.15) is 6.04 Å². The van der Waals surface area contributed by atoms with E-state index < -0.39 is 34.4 Å². The van der Waals surface area contributed by atoms with Crippen LogP contribution in [0.1, 0.15) is 20.8 Å². The third kappa shape index (κ3) is 6.19. The Kier molecular flexibility index (Phi) is 5.18. The van der Waals surface area contributed by atoms with Gasteiger partial charge in [-0.15, -0.1) is 0 Å². The molecule has 16 heavy (non-hydrogen) atoms. The van der Waals surface area contributed by atoms with E-state index in [1.807, 2.05) is 0 Å². The topological polar surface area (TPSA) is 122 Å². The van der Waals surface area contributed by atoms with Crippen LogP contribution in [0.25, 0.3) is 0 Å². The molecule has 0 aromatic heterocycles. The van der Waals surface area contributed by atoms with Crippen molar-refractivity contribution in [3.05, 3.63) is 0 Å². The summed E-state index contributed by atoms with van der Waals surface area (Å²) in [6.07, 6.45) is -1.65. The van der Waals surface area contributed by atoms with Gasteiger partial charge < -0.3 is 9.84 Å². The summed E-state index contributed by atoms with van der Waals surface area (Å²) in [4.78, 5) is 21.3. The lowest BCUT2D eigenvalue weighted by atomic mass is 10.4. The number of carbonyl (C=O) groups excluding carboxylic acids is 1. The molecular weight excluding hydrogens is 240 g/mol. The summed E-state index contributed by atoms with van der Waals surface area (Å²) in [5, 5.41) is 8.45. The molecule has 0 fully saturated rings. The van der Waals surface area contributed by atoms with E-state index in [9.17, 15) is 18.0 Å². The number of nitrogens with one attached hydrogen (secondary N) is 2. The fraction of sp³-hybridized carbons (Fsp3) is 0.714.